The molecule has 110 valence electrons. The zero-order valence-electron chi connectivity index (χ0n) is 11.2. The van der Waals surface area contributed by atoms with E-state index in [9.17, 15) is 8.42 Å². The van der Waals surface area contributed by atoms with Crippen LogP contribution in [-0.4, -0.2) is 38.3 Å². The van der Waals surface area contributed by atoms with E-state index in [1.54, 1.807) is 0 Å². The summed E-state index contributed by atoms with van der Waals surface area (Å²) >= 11 is 0. The molecule has 0 spiro atoms. The van der Waals surface area contributed by atoms with Gasteiger partial charge in [-0.3, -0.25) is 5.41 Å². The number of nitrogens with two attached hydrogens (primary N) is 1. The smallest absolute Gasteiger partial charge is 0.215 e. The molecular weight excluding hydrogens is 266 g/mol. The second-order valence-electron chi connectivity index (χ2n) is 5.57. The Hall–Kier alpha value is -0.660. The van der Waals surface area contributed by atoms with E-state index >= 15 is 0 Å². The van der Waals surface area contributed by atoms with Crippen molar-refractivity contribution >= 4 is 15.9 Å². The van der Waals surface area contributed by atoms with Gasteiger partial charge in [-0.15, -0.1) is 0 Å². The molecule has 0 amide bonds. The predicted octanol–water partition coefficient (Wildman–Crippen LogP) is 0.724. The summed E-state index contributed by atoms with van der Waals surface area (Å²) in [5, 5.41) is 7.72. The fourth-order valence-corrected chi connectivity index (χ4v) is 4.69. The molecule has 1 aliphatic carbocycles. The van der Waals surface area contributed by atoms with Crippen molar-refractivity contribution in [3.05, 3.63) is 0 Å². The summed E-state index contributed by atoms with van der Waals surface area (Å²) in [5.74, 6) is -0.0923. The van der Waals surface area contributed by atoms with Gasteiger partial charge in [0.2, 0.25) is 10.0 Å². The van der Waals surface area contributed by atoms with Gasteiger partial charge in [-0.1, -0.05) is 19.3 Å². The van der Waals surface area contributed by atoms with Gasteiger partial charge in [-0.05, 0) is 25.7 Å². The molecule has 6 nitrogen and oxygen atoms in total. The van der Waals surface area contributed by atoms with Crippen LogP contribution in [-0.2, 0) is 14.8 Å². The van der Waals surface area contributed by atoms with Gasteiger partial charge in [0.15, 0.2) is 0 Å². The van der Waals surface area contributed by atoms with Crippen molar-refractivity contribution in [1.29, 1.82) is 5.41 Å². The Morgan fingerprint density at radius 2 is 2.00 bits per heavy atom. The molecule has 0 aromatic heterocycles. The Labute approximate surface area is 114 Å². The van der Waals surface area contributed by atoms with Crippen LogP contribution in [0.2, 0.25) is 0 Å². The molecule has 1 aliphatic heterocycles. The van der Waals surface area contributed by atoms with Crippen molar-refractivity contribution in [2.45, 2.75) is 56.6 Å². The van der Waals surface area contributed by atoms with Gasteiger partial charge >= 0.3 is 0 Å². The Bertz CT molecular complexity index is 424. The molecule has 2 fully saturated rings. The molecule has 1 saturated carbocycles. The summed E-state index contributed by atoms with van der Waals surface area (Å²) in [6, 6.07) is 0. The molecule has 2 rings (SSSR count). The number of nitrogens with one attached hydrogen (secondary N) is 2. The van der Waals surface area contributed by atoms with Crippen LogP contribution < -0.4 is 10.5 Å². The summed E-state index contributed by atoms with van der Waals surface area (Å²) in [6.45, 7) is 0.637. The van der Waals surface area contributed by atoms with Crippen LogP contribution in [0.15, 0.2) is 0 Å². The maximum absolute atomic E-state index is 12.2. The van der Waals surface area contributed by atoms with Crippen molar-refractivity contribution in [2.75, 3.05) is 12.4 Å². The highest BCUT2D eigenvalue weighted by molar-refractivity contribution is 7.89. The van der Waals surface area contributed by atoms with Gasteiger partial charge in [0.1, 0.15) is 5.84 Å². The topological polar surface area (TPSA) is 105 Å². The third-order valence-corrected chi connectivity index (χ3v) is 5.52. The van der Waals surface area contributed by atoms with Gasteiger partial charge in [0.05, 0.1) is 17.4 Å². The molecule has 0 bridgehead atoms. The van der Waals surface area contributed by atoms with E-state index in [2.05, 4.69) is 4.72 Å². The minimum Gasteiger partial charge on any atom is -0.386 e. The fourth-order valence-electron chi connectivity index (χ4n) is 2.94. The quantitative estimate of drug-likeness (QED) is 0.512. The van der Waals surface area contributed by atoms with Gasteiger partial charge < -0.3 is 10.5 Å². The molecule has 1 saturated heterocycles. The molecule has 7 heteroatoms. The number of ether oxygens (including phenoxy) is 1. The average molecular weight is 289 g/mol. The van der Waals surface area contributed by atoms with E-state index in [1.807, 2.05) is 0 Å². The maximum atomic E-state index is 12.2. The summed E-state index contributed by atoms with van der Waals surface area (Å²) in [5.41, 5.74) is 4.78. The molecule has 1 heterocycles. The van der Waals surface area contributed by atoms with E-state index in [0.29, 0.717) is 19.4 Å². The van der Waals surface area contributed by atoms with Crippen molar-refractivity contribution in [3.63, 3.8) is 0 Å². The van der Waals surface area contributed by atoms with E-state index < -0.39 is 15.6 Å². The average Bonchev–Trinajstić information content (AvgIpc) is 2.81. The Kier molecular flexibility index (Phi) is 4.47. The summed E-state index contributed by atoms with van der Waals surface area (Å²) in [4.78, 5) is 0. The van der Waals surface area contributed by atoms with Crippen LogP contribution in [0, 0.1) is 5.41 Å². The van der Waals surface area contributed by atoms with Crippen molar-refractivity contribution < 1.29 is 13.2 Å². The third-order valence-electron chi connectivity index (χ3n) is 4.00. The van der Waals surface area contributed by atoms with Crippen molar-refractivity contribution in [1.82, 2.24) is 4.72 Å². The zero-order valence-corrected chi connectivity index (χ0v) is 12.0. The molecule has 0 aromatic rings. The Balaban J connectivity index is 2.05. The lowest BCUT2D eigenvalue weighted by Crippen LogP contribution is -2.58. The van der Waals surface area contributed by atoms with Crippen LogP contribution in [0.1, 0.15) is 44.9 Å². The van der Waals surface area contributed by atoms with Gasteiger partial charge in [-0.2, -0.15) is 0 Å². The van der Waals surface area contributed by atoms with Gasteiger partial charge in [0.25, 0.3) is 0 Å². The largest absolute Gasteiger partial charge is 0.386 e. The van der Waals surface area contributed by atoms with Crippen LogP contribution in [0.4, 0.5) is 0 Å². The number of hydrogen-bond donors (Lipinski definition) is 3. The highest BCUT2D eigenvalue weighted by Gasteiger charge is 2.39. The number of rotatable bonds is 5. The Morgan fingerprint density at radius 1 is 1.32 bits per heavy atom. The minimum atomic E-state index is -3.46. The highest BCUT2D eigenvalue weighted by Crippen LogP contribution is 2.29. The molecule has 0 radical (unpaired) electrons. The third kappa shape index (κ3) is 3.67. The van der Waals surface area contributed by atoms with E-state index in [1.165, 1.54) is 0 Å². The lowest BCUT2D eigenvalue weighted by atomic mass is 9.82. The van der Waals surface area contributed by atoms with Crippen molar-refractivity contribution in [2.24, 2.45) is 5.73 Å². The standard InChI is InChI=1S/C12H23N3O3S/c13-11(14)12(6-2-1-3-7-12)15-19(16,17)9-10-5-4-8-18-10/h10,15H,1-9H2,(H3,13,14). The number of amidine groups is 1. The SMILES string of the molecule is N=C(N)C1(NS(=O)(=O)CC2CCCO2)CCCCC1. The summed E-state index contributed by atoms with van der Waals surface area (Å²) in [7, 11) is -3.46. The summed E-state index contributed by atoms with van der Waals surface area (Å²) in [6.07, 6.45) is 5.60. The lowest BCUT2D eigenvalue weighted by Gasteiger charge is -2.36. The van der Waals surface area contributed by atoms with Crippen LogP contribution in [0.25, 0.3) is 0 Å². The van der Waals surface area contributed by atoms with Crippen LogP contribution >= 0.6 is 0 Å². The van der Waals surface area contributed by atoms with Gasteiger partial charge in [0, 0.05) is 6.61 Å². The monoisotopic (exact) mass is 289 g/mol. The minimum absolute atomic E-state index is 0.0258. The lowest BCUT2D eigenvalue weighted by molar-refractivity contribution is 0.127. The first-order chi connectivity index (χ1) is 8.94. The molecular formula is C12H23N3O3S. The molecule has 1 unspecified atom stereocenters. The highest BCUT2D eigenvalue weighted by atomic mass is 32.2. The Morgan fingerprint density at radius 3 is 2.53 bits per heavy atom. The second kappa shape index (κ2) is 5.76. The molecule has 1 atom stereocenters. The first-order valence-corrected chi connectivity index (χ1v) is 8.57. The van der Waals surface area contributed by atoms with Crippen LogP contribution in [0.3, 0.4) is 0 Å². The summed E-state index contributed by atoms with van der Waals surface area (Å²) < 4.78 is 32.5. The molecule has 2 aliphatic rings. The van der Waals surface area contributed by atoms with E-state index in [0.717, 1.165) is 32.1 Å². The molecule has 0 aromatic carbocycles. The molecule has 4 N–H and O–H groups in total. The van der Waals surface area contributed by atoms with E-state index in [-0.39, 0.29) is 17.7 Å². The number of sulfonamides is 1. The fraction of sp³-hybridized carbons (Fsp3) is 0.917. The normalized spacial score (nSPS) is 27.3. The zero-order chi connectivity index (χ0) is 13.9. The van der Waals surface area contributed by atoms with Crippen LogP contribution in [0.5, 0.6) is 0 Å². The first-order valence-electron chi connectivity index (χ1n) is 6.91. The second-order valence-corrected chi connectivity index (χ2v) is 7.34. The molecule has 19 heavy (non-hydrogen) atoms. The first kappa shape index (κ1) is 14.7. The number of hydrogen-bond acceptors (Lipinski definition) is 4. The maximum Gasteiger partial charge on any atom is 0.215 e. The predicted molar refractivity (Wildman–Crippen MR) is 73.6 cm³/mol. The van der Waals surface area contributed by atoms with Gasteiger partial charge in [-0.25, -0.2) is 13.1 Å². The van der Waals surface area contributed by atoms with E-state index in [4.69, 9.17) is 15.9 Å². The van der Waals surface area contributed by atoms with Crippen molar-refractivity contribution in [3.8, 4) is 0 Å².